The molecule has 0 spiro atoms. The van der Waals surface area contributed by atoms with Crippen LogP contribution < -0.4 is 10.9 Å². The molecule has 2 aromatic heterocycles. The molecule has 3 heterocycles. The normalized spacial score (nSPS) is 19.8. The van der Waals surface area contributed by atoms with Crippen LogP contribution in [0.5, 0.6) is 0 Å². The van der Waals surface area contributed by atoms with Crippen LogP contribution in [0.25, 0.3) is 11.0 Å². The van der Waals surface area contributed by atoms with Crippen LogP contribution in [0.2, 0.25) is 0 Å². The Labute approximate surface area is 163 Å². The van der Waals surface area contributed by atoms with E-state index < -0.39 is 0 Å². The number of piperazine rings is 1. The summed E-state index contributed by atoms with van der Waals surface area (Å²) in [6, 6.07) is 2.43. The summed E-state index contributed by atoms with van der Waals surface area (Å²) < 4.78 is 2.68. The van der Waals surface area contributed by atoms with Crippen LogP contribution in [0, 0.1) is 0 Å². The number of rotatable bonds is 6. The lowest BCUT2D eigenvalue weighted by Gasteiger charge is -2.38. The molecule has 2 atom stereocenters. The van der Waals surface area contributed by atoms with Crippen LogP contribution in [0.3, 0.4) is 0 Å². The van der Waals surface area contributed by atoms with Gasteiger partial charge in [-0.25, -0.2) is 9.97 Å². The number of hydrogen-bond donors (Lipinski definition) is 1. The first kappa shape index (κ1) is 19.5. The Morgan fingerprint density at radius 2 is 2.19 bits per heavy atom. The third-order valence-corrected chi connectivity index (χ3v) is 5.39. The maximum Gasteiger partial charge on any atom is 0.263 e. The molecule has 1 aliphatic rings. The quantitative estimate of drug-likeness (QED) is 0.775. The molecule has 0 aromatic carbocycles. The fourth-order valence-electron chi connectivity index (χ4n) is 3.78. The van der Waals surface area contributed by atoms with Gasteiger partial charge in [0.2, 0.25) is 0 Å². The van der Waals surface area contributed by atoms with Gasteiger partial charge in [0, 0.05) is 42.9 Å². The minimum atomic E-state index is 0.0185. The average molecular weight is 422 g/mol. The van der Waals surface area contributed by atoms with E-state index in [1.54, 1.807) is 6.20 Å². The Balaban J connectivity index is 2.14. The van der Waals surface area contributed by atoms with E-state index in [1.807, 2.05) is 10.6 Å². The maximum absolute atomic E-state index is 13.2. The van der Waals surface area contributed by atoms with Crippen molar-refractivity contribution in [2.24, 2.45) is 0 Å². The van der Waals surface area contributed by atoms with Gasteiger partial charge in [-0.2, -0.15) is 0 Å². The molecule has 1 saturated heterocycles. The van der Waals surface area contributed by atoms with Gasteiger partial charge in [0.05, 0.1) is 11.4 Å². The molecule has 3 rings (SSSR count). The summed E-state index contributed by atoms with van der Waals surface area (Å²) in [4.78, 5) is 24.9. The highest BCUT2D eigenvalue weighted by atomic mass is 79.9. The van der Waals surface area contributed by atoms with Crippen LogP contribution in [-0.4, -0.2) is 45.1 Å². The van der Waals surface area contributed by atoms with Gasteiger partial charge in [0.15, 0.2) is 5.65 Å². The lowest BCUT2D eigenvalue weighted by Crippen LogP contribution is -2.51. The number of nitrogens with zero attached hydrogens (tertiary/aromatic N) is 4. The van der Waals surface area contributed by atoms with Crippen molar-refractivity contribution in [2.75, 3.05) is 19.6 Å². The molecule has 6 nitrogen and oxygen atoms in total. The monoisotopic (exact) mass is 421 g/mol. The van der Waals surface area contributed by atoms with E-state index in [9.17, 15) is 4.79 Å². The van der Waals surface area contributed by atoms with E-state index in [0.717, 1.165) is 49.2 Å². The van der Waals surface area contributed by atoms with Gasteiger partial charge >= 0.3 is 0 Å². The lowest BCUT2D eigenvalue weighted by molar-refractivity contribution is 0.131. The number of fused-ring (bicyclic) bond motifs is 1. The summed E-state index contributed by atoms with van der Waals surface area (Å²) in [5.74, 6) is 0.870. The molecule has 26 heavy (non-hydrogen) atoms. The van der Waals surface area contributed by atoms with E-state index in [0.29, 0.717) is 23.6 Å². The van der Waals surface area contributed by atoms with Gasteiger partial charge in [-0.1, -0.05) is 20.3 Å². The summed E-state index contributed by atoms with van der Waals surface area (Å²) >= 11 is 3.42. The first-order valence-corrected chi connectivity index (χ1v) is 10.4. The van der Waals surface area contributed by atoms with Crippen molar-refractivity contribution in [3.05, 3.63) is 32.9 Å². The van der Waals surface area contributed by atoms with Crippen molar-refractivity contribution in [3.63, 3.8) is 0 Å². The van der Waals surface area contributed by atoms with Crippen LogP contribution >= 0.6 is 15.9 Å². The van der Waals surface area contributed by atoms with Gasteiger partial charge in [0.25, 0.3) is 5.56 Å². The minimum Gasteiger partial charge on any atom is -0.312 e. The van der Waals surface area contributed by atoms with Crippen molar-refractivity contribution in [1.82, 2.24) is 24.8 Å². The summed E-state index contributed by atoms with van der Waals surface area (Å²) in [7, 11) is 0. The SMILES string of the molecule is CCC[C@H](c1nc2ncc(Br)cc2c(=O)n1CCC)N1CCN[C@@H](C)C1. The zero-order chi connectivity index (χ0) is 18.7. The molecule has 0 saturated carbocycles. The molecule has 2 aromatic rings. The van der Waals surface area contributed by atoms with Gasteiger partial charge in [0.1, 0.15) is 5.82 Å². The Morgan fingerprint density at radius 3 is 2.88 bits per heavy atom. The number of halogens is 1. The van der Waals surface area contributed by atoms with E-state index >= 15 is 0 Å². The Bertz CT molecular complexity index is 821. The Hall–Kier alpha value is -1.31. The van der Waals surface area contributed by atoms with Crippen molar-refractivity contribution < 1.29 is 0 Å². The van der Waals surface area contributed by atoms with E-state index in [-0.39, 0.29) is 11.6 Å². The minimum absolute atomic E-state index is 0.0185. The second-order valence-electron chi connectivity index (χ2n) is 7.11. The largest absolute Gasteiger partial charge is 0.312 e. The molecule has 0 unspecified atom stereocenters. The first-order chi connectivity index (χ1) is 12.5. The molecule has 0 amide bonds. The fraction of sp³-hybridized carbons (Fsp3) is 0.632. The average Bonchev–Trinajstić information content (AvgIpc) is 2.63. The summed E-state index contributed by atoms with van der Waals surface area (Å²) in [6.07, 6.45) is 4.66. The van der Waals surface area contributed by atoms with Gasteiger partial charge in [-0.05, 0) is 41.8 Å². The van der Waals surface area contributed by atoms with Crippen molar-refractivity contribution >= 4 is 27.0 Å². The summed E-state index contributed by atoms with van der Waals surface area (Å²) in [6.45, 7) is 10.1. The van der Waals surface area contributed by atoms with Crippen molar-refractivity contribution in [1.29, 1.82) is 0 Å². The molecule has 0 radical (unpaired) electrons. The van der Waals surface area contributed by atoms with E-state index in [4.69, 9.17) is 4.98 Å². The molecule has 142 valence electrons. The van der Waals surface area contributed by atoms with Gasteiger partial charge in [-0.3, -0.25) is 14.3 Å². The zero-order valence-electron chi connectivity index (χ0n) is 15.8. The first-order valence-electron chi connectivity index (χ1n) is 9.58. The second kappa shape index (κ2) is 8.59. The molecule has 0 aliphatic carbocycles. The van der Waals surface area contributed by atoms with E-state index in [1.165, 1.54) is 0 Å². The van der Waals surface area contributed by atoms with Crippen LogP contribution in [0.15, 0.2) is 21.5 Å². The maximum atomic E-state index is 13.2. The van der Waals surface area contributed by atoms with E-state index in [2.05, 4.69) is 51.9 Å². The fourth-order valence-corrected chi connectivity index (χ4v) is 4.12. The molecule has 1 fully saturated rings. The predicted molar refractivity (Wildman–Crippen MR) is 108 cm³/mol. The molecular weight excluding hydrogens is 394 g/mol. The summed E-state index contributed by atoms with van der Waals surface area (Å²) in [5, 5.41) is 4.08. The van der Waals surface area contributed by atoms with Crippen LogP contribution in [0.4, 0.5) is 0 Å². The standard InChI is InChI=1S/C19H28BrN5O/c1-4-6-16(24-9-7-21-13(3)12-24)18-23-17-15(10-14(20)11-22-17)19(26)25(18)8-5-2/h10-11,13,16,21H,4-9,12H2,1-3H3/t13-,16+/m0/s1. The highest BCUT2D eigenvalue weighted by Crippen LogP contribution is 2.26. The Morgan fingerprint density at radius 1 is 1.38 bits per heavy atom. The lowest BCUT2D eigenvalue weighted by atomic mass is 10.1. The van der Waals surface area contributed by atoms with Crippen LogP contribution in [-0.2, 0) is 6.54 Å². The Kier molecular flexibility index (Phi) is 6.42. The molecule has 7 heteroatoms. The second-order valence-corrected chi connectivity index (χ2v) is 8.02. The molecule has 1 aliphatic heterocycles. The highest BCUT2D eigenvalue weighted by molar-refractivity contribution is 9.10. The number of nitrogens with one attached hydrogen (secondary N) is 1. The highest BCUT2D eigenvalue weighted by Gasteiger charge is 2.28. The third kappa shape index (κ3) is 4.00. The molecular formula is C19H28BrN5O. The van der Waals surface area contributed by atoms with Crippen molar-refractivity contribution in [2.45, 2.75) is 58.7 Å². The molecule has 1 N–H and O–H groups in total. The predicted octanol–water partition coefficient (Wildman–Crippen LogP) is 3.10. The van der Waals surface area contributed by atoms with Crippen molar-refractivity contribution in [3.8, 4) is 0 Å². The third-order valence-electron chi connectivity index (χ3n) is 4.95. The topological polar surface area (TPSA) is 63.1 Å². The number of hydrogen-bond acceptors (Lipinski definition) is 5. The number of pyridine rings is 1. The van der Waals surface area contributed by atoms with Gasteiger partial charge in [-0.15, -0.1) is 0 Å². The number of aromatic nitrogens is 3. The smallest absolute Gasteiger partial charge is 0.263 e. The summed E-state index contributed by atoms with van der Waals surface area (Å²) in [5.41, 5.74) is 0.565. The molecule has 0 bridgehead atoms. The zero-order valence-corrected chi connectivity index (χ0v) is 17.4. The van der Waals surface area contributed by atoms with Gasteiger partial charge < -0.3 is 5.32 Å². The van der Waals surface area contributed by atoms with Crippen LogP contribution in [0.1, 0.15) is 51.9 Å².